The molecule has 41 heavy (non-hydrogen) atoms. The number of esters is 1. The molecule has 202 valence electrons. The second kappa shape index (κ2) is 14.0. The molecule has 0 atom stereocenters. The third kappa shape index (κ3) is 6.78. The summed E-state index contributed by atoms with van der Waals surface area (Å²) in [5, 5.41) is 10.9. The van der Waals surface area contributed by atoms with Gasteiger partial charge in [0.25, 0.3) is 0 Å². The van der Waals surface area contributed by atoms with Gasteiger partial charge >= 0.3 is 41.5 Å². The maximum Gasteiger partial charge on any atom is 1.00 e. The number of aromatic carboxylic acids is 1. The zero-order valence-corrected chi connectivity index (χ0v) is 27.0. The van der Waals surface area contributed by atoms with Gasteiger partial charge in [-0.05, 0) is 67.3 Å². The van der Waals surface area contributed by atoms with Gasteiger partial charge < -0.3 is 25.3 Å². The van der Waals surface area contributed by atoms with E-state index in [0.29, 0.717) is 10.2 Å². The van der Waals surface area contributed by atoms with Crippen LogP contribution in [-0.4, -0.2) is 49.6 Å². The van der Waals surface area contributed by atoms with Crippen LogP contribution in [0.15, 0.2) is 94.4 Å². The summed E-state index contributed by atoms with van der Waals surface area (Å²) >= 11 is 6.74. The van der Waals surface area contributed by atoms with Crippen molar-refractivity contribution in [2.75, 3.05) is 7.11 Å². The van der Waals surface area contributed by atoms with Crippen molar-refractivity contribution < 1.29 is 54.5 Å². The molecule has 0 bridgehead atoms. The van der Waals surface area contributed by atoms with E-state index < -0.39 is 11.9 Å². The van der Waals surface area contributed by atoms with E-state index in [-0.39, 0.29) is 40.7 Å². The number of hydrogen-bond acceptors (Lipinski definition) is 6. The van der Waals surface area contributed by atoms with Gasteiger partial charge in [0.1, 0.15) is 11.4 Å². The Bertz CT molecular complexity index is 1830. The number of halogens is 2. The smallest absolute Gasteiger partial charge is 0.870 e. The number of carboxylic acid groups (broad SMARTS) is 1. The van der Waals surface area contributed by atoms with Gasteiger partial charge in [-0.3, -0.25) is 9.97 Å². The zero-order valence-electron chi connectivity index (χ0n) is 21.9. The molecule has 0 radical (unpaired) electrons. The number of carboxylic acids is 1. The van der Waals surface area contributed by atoms with Crippen LogP contribution >= 0.6 is 31.9 Å². The largest absolute Gasteiger partial charge is 1.00 e. The summed E-state index contributed by atoms with van der Waals surface area (Å²) in [6.07, 6.45) is 7.04. The van der Waals surface area contributed by atoms with E-state index in [4.69, 9.17) is 9.84 Å². The Morgan fingerprint density at radius 2 is 1.22 bits per heavy atom. The number of rotatable bonds is 4. The average molecular weight is 688 g/mol. The number of nitrogens with one attached hydrogen (secondary N) is 2. The number of aromatic amines is 2. The number of methoxy groups -OCH3 is 1. The Kier molecular flexibility index (Phi) is 11.0. The van der Waals surface area contributed by atoms with Gasteiger partial charge in [-0.25, -0.2) is 9.59 Å². The molecule has 4 heterocycles. The van der Waals surface area contributed by atoms with E-state index in [9.17, 15) is 9.59 Å². The fourth-order valence-corrected chi connectivity index (χ4v) is 5.36. The molecule has 4 N–H and O–H groups in total. The van der Waals surface area contributed by atoms with Gasteiger partial charge in [-0.15, -0.1) is 0 Å². The van der Waals surface area contributed by atoms with E-state index in [1.54, 1.807) is 24.8 Å². The van der Waals surface area contributed by atoms with Crippen LogP contribution < -0.4 is 29.6 Å². The monoisotopic (exact) mass is 686 g/mol. The molecular weight excluding hydrogens is 667 g/mol. The van der Waals surface area contributed by atoms with Crippen molar-refractivity contribution in [2.24, 2.45) is 0 Å². The van der Waals surface area contributed by atoms with Crippen LogP contribution in [0, 0.1) is 0 Å². The van der Waals surface area contributed by atoms with Gasteiger partial charge in [0.05, 0.1) is 16.1 Å². The number of benzene rings is 2. The van der Waals surface area contributed by atoms with E-state index in [2.05, 4.69) is 51.8 Å². The van der Waals surface area contributed by atoms with Crippen LogP contribution in [0.1, 0.15) is 21.0 Å². The van der Waals surface area contributed by atoms with Crippen molar-refractivity contribution in [3.05, 3.63) is 106 Å². The number of aromatic nitrogens is 4. The minimum absolute atomic E-state index is 0. The second-order valence-corrected chi connectivity index (χ2v) is 10.0. The predicted octanol–water partition coefficient (Wildman–Crippen LogP) is 4.30. The number of hydrogen-bond donors (Lipinski definition) is 3. The summed E-state index contributed by atoms with van der Waals surface area (Å²) in [5.41, 5.74) is 6.29. The Labute approximate surface area is 273 Å². The molecular formula is C29H21Br2N4NaO5. The number of carbonyl (C=O) groups is 2. The molecule has 4 aromatic heterocycles. The molecule has 6 aromatic rings. The minimum Gasteiger partial charge on any atom is -0.870 e. The zero-order chi connectivity index (χ0) is 27.5. The molecule has 0 fully saturated rings. The number of carbonyl (C=O) groups excluding carboxylic acids is 1. The summed E-state index contributed by atoms with van der Waals surface area (Å²) in [6.45, 7) is 0. The van der Waals surface area contributed by atoms with Crippen LogP contribution in [0.5, 0.6) is 0 Å². The minimum atomic E-state index is -0.981. The fraction of sp³-hybridized carbons (Fsp3) is 0.0345. The molecule has 0 amide bonds. The molecule has 6 rings (SSSR count). The van der Waals surface area contributed by atoms with Gasteiger partial charge in [0.2, 0.25) is 0 Å². The summed E-state index contributed by atoms with van der Waals surface area (Å²) < 4.78 is 6.05. The van der Waals surface area contributed by atoms with Crippen LogP contribution in [0.25, 0.3) is 44.1 Å². The van der Waals surface area contributed by atoms with Crippen molar-refractivity contribution in [2.45, 2.75) is 0 Å². The standard InChI is InChI=1S/C15H11BrN2O2.C14H9BrN2O2.Na.H2O/c1-20-15(19)14-13(16)11-5-4-9(7-12(11)18-14)10-3-2-6-17-8-10;15-12-10-4-3-8(9-2-1-5-16-7-9)6-11(10)17-13(12)14(18)19;;/h2-8,18H,1H3;1-7,17H,(H,18,19);;1H2/q;;+1;/p-1. The molecule has 0 unspecified atom stereocenters. The number of nitrogens with zero attached hydrogens (tertiary/aromatic N) is 2. The first-order chi connectivity index (χ1) is 18.9. The molecule has 12 heteroatoms. The first kappa shape index (κ1) is 32.2. The van der Waals surface area contributed by atoms with Crippen molar-refractivity contribution in [1.82, 2.24) is 19.9 Å². The first-order valence-electron chi connectivity index (χ1n) is 11.6. The Morgan fingerprint density at radius 1 is 0.756 bits per heavy atom. The summed E-state index contributed by atoms with van der Waals surface area (Å²) in [6, 6.07) is 19.4. The maximum atomic E-state index is 11.7. The number of ether oxygens (including phenoxy) is 1. The van der Waals surface area contributed by atoms with Gasteiger partial charge in [0, 0.05) is 57.7 Å². The fourth-order valence-electron chi connectivity index (χ4n) is 4.14. The van der Waals surface area contributed by atoms with Crippen LogP contribution in [0.2, 0.25) is 0 Å². The van der Waals surface area contributed by atoms with Crippen molar-refractivity contribution in [3.63, 3.8) is 0 Å². The maximum absolute atomic E-state index is 11.7. The predicted molar refractivity (Wildman–Crippen MR) is 159 cm³/mol. The van der Waals surface area contributed by atoms with Crippen LogP contribution in [0.3, 0.4) is 0 Å². The molecule has 0 spiro atoms. The van der Waals surface area contributed by atoms with E-state index >= 15 is 0 Å². The van der Waals surface area contributed by atoms with Gasteiger partial charge in [-0.2, -0.15) is 0 Å². The molecule has 0 aliphatic heterocycles. The number of pyridine rings is 2. The molecule has 2 aromatic carbocycles. The normalized spacial score (nSPS) is 10.2. The van der Waals surface area contributed by atoms with E-state index in [1.807, 2.05) is 60.7 Å². The number of H-pyrrole nitrogens is 2. The molecule has 0 saturated heterocycles. The topological polar surface area (TPSA) is 151 Å². The van der Waals surface area contributed by atoms with Crippen LogP contribution in [0.4, 0.5) is 0 Å². The Morgan fingerprint density at radius 3 is 1.63 bits per heavy atom. The van der Waals surface area contributed by atoms with E-state index in [0.717, 1.165) is 48.5 Å². The second-order valence-electron chi connectivity index (χ2n) is 8.43. The Hall–Kier alpha value is -3.32. The molecule has 0 aliphatic rings. The van der Waals surface area contributed by atoms with Crippen LogP contribution in [-0.2, 0) is 4.74 Å². The van der Waals surface area contributed by atoms with Crippen molar-refractivity contribution in [1.29, 1.82) is 0 Å². The van der Waals surface area contributed by atoms with Crippen molar-refractivity contribution >= 4 is 65.6 Å². The first-order valence-corrected chi connectivity index (χ1v) is 13.2. The molecule has 0 saturated carbocycles. The molecule has 9 nitrogen and oxygen atoms in total. The van der Waals surface area contributed by atoms with Gasteiger partial charge in [0.15, 0.2) is 0 Å². The third-order valence-electron chi connectivity index (χ3n) is 6.06. The van der Waals surface area contributed by atoms with E-state index in [1.165, 1.54) is 7.11 Å². The SMILES string of the molecule is COC(=O)c1[nH]c2cc(-c3cccnc3)ccc2c1Br.O=C(O)c1[nH]c2cc(-c3cccnc3)ccc2c1Br.[Na+].[OH-]. The number of fused-ring (bicyclic) bond motifs is 2. The summed E-state index contributed by atoms with van der Waals surface area (Å²) in [4.78, 5) is 36.9. The summed E-state index contributed by atoms with van der Waals surface area (Å²) in [7, 11) is 1.36. The third-order valence-corrected chi connectivity index (χ3v) is 7.71. The van der Waals surface area contributed by atoms with Crippen molar-refractivity contribution in [3.8, 4) is 22.3 Å². The van der Waals surface area contributed by atoms with Gasteiger partial charge in [-0.1, -0.05) is 36.4 Å². The summed E-state index contributed by atoms with van der Waals surface area (Å²) in [5.74, 6) is -1.37. The Balaban J connectivity index is 0.000000215. The quantitative estimate of drug-likeness (QED) is 0.185. The average Bonchev–Trinajstić information content (AvgIpc) is 3.49. The molecule has 0 aliphatic carbocycles.